The third kappa shape index (κ3) is 2.42. The van der Waals surface area contributed by atoms with Crippen molar-refractivity contribution in [3.8, 4) is 0 Å². The summed E-state index contributed by atoms with van der Waals surface area (Å²) < 4.78 is 0. The monoisotopic (exact) mass is 195 g/mol. The Balaban J connectivity index is 2.75. The molecule has 0 radical (unpaired) electrons. The average molecular weight is 195 g/mol. The number of rotatable bonds is 4. The second kappa shape index (κ2) is 4.91. The lowest BCUT2D eigenvalue weighted by molar-refractivity contribution is 0.275. The lowest BCUT2D eigenvalue weighted by Gasteiger charge is -2.24. The molecule has 1 rings (SSSR count). The average Bonchev–Trinajstić information content (AvgIpc) is 2.27. The summed E-state index contributed by atoms with van der Waals surface area (Å²) in [5, 5.41) is 16.7. The summed E-state index contributed by atoms with van der Waals surface area (Å²) in [5.74, 6) is 0.844. The second-order valence-electron chi connectivity index (χ2n) is 3.41. The molecule has 1 unspecified atom stereocenters. The van der Waals surface area contributed by atoms with E-state index in [4.69, 9.17) is 5.11 Å². The van der Waals surface area contributed by atoms with Crippen LogP contribution in [-0.2, 0) is 6.61 Å². The van der Waals surface area contributed by atoms with E-state index >= 15 is 0 Å². The van der Waals surface area contributed by atoms with Gasteiger partial charge in [0.2, 0.25) is 0 Å². The number of hydrogen-bond acceptors (Lipinski definition) is 4. The van der Waals surface area contributed by atoms with Gasteiger partial charge >= 0.3 is 0 Å². The minimum absolute atomic E-state index is 0.0552. The molecule has 1 heterocycles. The third-order valence-corrected chi connectivity index (χ3v) is 2.48. The lowest BCUT2D eigenvalue weighted by atomic mass is 10.2. The highest BCUT2D eigenvalue weighted by atomic mass is 16.3. The molecule has 1 aromatic heterocycles. The molecule has 0 saturated carbocycles. The first kappa shape index (κ1) is 10.9. The molecule has 0 saturated heterocycles. The van der Waals surface area contributed by atoms with E-state index in [2.05, 4.69) is 28.9 Å². The van der Waals surface area contributed by atoms with Crippen LogP contribution in [0.5, 0.6) is 0 Å². The first-order valence-corrected chi connectivity index (χ1v) is 4.85. The molecule has 0 aliphatic heterocycles. The topological polar surface area (TPSA) is 49.2 Å². The first-order valence-electron chi connectivity index (χ1n) is 4.85. The summed E-state index contributed by atoms with van der Waals surface area (Å²) in [5.41, 5.74) is 0.603. The number of nitrogens with zero attached hydrogens (tertiary/aromatic N) is 3. The van der Waals surface area contributed by atoms with Crippen molar-refractivity contribution in [1.82, 2.24) is 10.2 Å². The van der Waals surface area contributed by atoms with Gasteiger partial charge < -0.3 is 10.0 Å². The summed E-state index contributed by atoms with van der Waals surface area (Å²) in [7, 11) is 2.00. The van der Waals surface area contributed by atoms with Crippen LogP contribution in [0.15, 0.2) is 12.1 Å². The summed E-state index contributed by atoms with van der Waals surface area (Å²) in [4.78, 5) is 2.08. The van der Waals surface area contributed by atoms with E-state index in [9.17, 15) is 0 Å². The highest BCUT2D eigenvalue weighted by molar-refractivity contribution is 5.37. The van der Waals surface area contributed by atoms with Gasteiger partial charge in [-0.15, -0.1) is 5.10 Å². The normalized spacial score (nSPS) is 12.6. The minimum Gasteiger partial charge on any atom is -0.390 e. The predicted molar refractivity (Wildman–Crippen MR) is 56.1 cm³/mol. The van der Waals surface area contributed by atoms with Crippen molar-refractivity contribution in [2.24, 2.45) is 0 Å². The van der Waals surface area contributed by atoms with Gasteiger partial charge in [0, 0.05) is 13.1 Å². The molecule has 0 aliphatic rings. The van der Waals surface area contributed by atoms with Crippen LogP contribution in [-0.4, -0.2) is 28.4 Å². The van der Waals surface area contributed by atoms with Crippen LogP contribution >= 0.6 is 0 Å². The van der Waals surface area contributed by atoms with E-state index < -0.39 is 0 Å². The first-order chi connectivity index (χ1) is 6.69. The summed E-state index contributed by atoms with van der Waals surface area (Å²) in [6.45, 7) is 4.22. The van der Waals surface area contributed by atoms with E-state index in [1.54, 1.807) is 6.07 Å². The fraction of sp³-hybridized carbons (Fsp3) is 0.600. The van der Waals surface area contributed by atoms with Crippen molar-refractivity contribution < 1.29 is 5.11 Å². The number of hydrogen-bond donors (Lipinski definition) is 1. The van der Waals surface area contributed by atoms with Crippen molar-refractivity contribution in [3.05, 3.63) is 17.8 Å². The lowest BCUT2D eigenvalue weighted by Crippen LogP contribution is -2.29. The van der Waals surface area contributed by atoms with Crippen LogP contribution in [0.4, 0.5) is 5.82 Å². The minimum atomic E-state index is -0.0552. The molecule has 0 spiro atoms. The van der Waals surface area contributed by atoms with Crippen molar-refractivity contribution >= 4 is 5.82 Å². The Labute approximate surface area is 84.6 Å². The zero-order chi connectivity index (χ0) is 10.6. The van der Waals surface area contributed by atoms with Crippen LogP contribution in [0.3, 0.4) is 0 Å². The molecule has 0 aliphatic carbocycles. The largest absolute Gasteiger partial charge is 0.390 e. The summed E-state index contributed by atoms with van der Waals surface area (Å²) in [6.07, 6.45) is 1.07. The maximum absolute atomic E-state index is 8.81. The van der Waals surface area contributed by atoms with Crippen LogP contribution in [0, 0.1) is 0 Å². The van der Waals surface area contributed by atoms with Gasteiger partial charge in [0.25, 0.3) is 0 Å². The number of aliphatic hydroxyl groups excluding tert-OH is 1. The van der Waals surface area contributed by atoms with Crippen molar-refractivity contribution in [1.29, 1.82) is 0 Å². The van der Waals surface area contributed by atoms with Crippen LogP contribution in [0.25, 0.3) is 0 Å². The highest BCUT2D eigenvalue weighted by Crippen LogP contribution is 2.12. The van der Waals surface area contributed by atoms with Crippen molar-refractivity contribution in [3.63, 3.8) is 0 Å². The maximum atomic E-state index is 8.81. The van der Waals surface area contributed by atoms with Gasteiger partial charge in [0.15, 0.2) is 5.82 Å². The molecule has 0 amide bonds. The van der Waals surface area contributed by atoms with E-state index in [-0.39, 0.29) is 6.61 Å². The molecule has 4 heteroatoms. The standard InChI is InChI=1S/C10H17N3O/c1-4-8(2)13(3)10-6-5-9(7-14)11-12-10/h5-6,8,14H,4,7H2,1-3H3. The van der Waals surface area contributed by atoms with Gasteiger partial charge in [-0.05, 0) is 25.5 Å². The molecule has 14 heavy (non-hydrogen) atoms. The molecule has 1 N–H and O–H groups in total. The van der Waals surface area contributed by atoms with Crippen LogP contribution in [0.2, 0.25) is 0 Å². The SMILES string of the molecule is CCC(C)N(C)c1ccc(CO)nn1. The molecular formula is C10H17N3O. The quantitative estimate of drug-likeness (QED) is 0.784. The number of aromatic nitrogens is 2. The van der Waals surface area contributed by atoms with E-state index in [1.807, 2.05) is 13.1 Å². The molecule has 78 valence electrons. The highest BCUT2D eigenvalue weighted by Gasteiger charge is 2.09. The van der Waals surface area contributed by atoms with Gasteiger partial charge in [-0.25, -0.2) is 0 Å². The third-order valence-electron chi connectivity index (χ3n) is 2.48. The Morgan fingerprint density at radius 1 is 1.43 bits per heavy atom. The summed E-state index contributed by atoms with van der Waals surface area (Å²) >= 11 is 0. The van der Waals surface area contributed by atoms with E-state index in [1.165, 1.54) is 0 Å². The van der Waals surface area contributed by atoms with Crippen LogP contribution in [0.1, 0.15) is 26.0 Å². The molecular weight excluding hydrogens is 178 g/mol. The Kier molecular flexibility index (Phi) is 3.83. The molecule has 0 fully saturated rings. The van der Waals surface area contributed by atoms with Crippen molar-refractivity contribution in [2.75, 3.05) is 11.9 Å². The fourth-order valence-electron chi connectivity index (χ4n) is 1.12. The van der Waals surface area contributed by atoms with E-state index in [0.29, 0.717) is 11.7 Å². The molecule has 0 bridgehead atoms. The molecule has 4 nitrogen and oxygen atoms in total. The van der Waals surface area contributed by atoms with Crippen molar-refractivity contribution in [2.45, 2.75) is 32.9 Å². The van der Waals surface area contributed by atoms with Crippen LogP contribution < -0.4 is 4.90 Å². The summed E-state index contributed by atoms with van der Waals surface area (Å²) in [6, 6.07) is 4.12. The second-order valence-corrected chi connectivity index (χ2v) is 3.41. The van der Waals surface area contributed by atoms with Gasteiger partial charge in [-0.3, -0.25) is 0 Å². The van der Waals surface area contributed by atoms with Gasteiger partial charge in [-0.1, -0.05) is 6.92 Å². The van der Waals surface area contributed by atoms with Gasteiger partial charge in [0.05, 0.1) is 12.3 Å². The predicted octanol–water partition coefficient (Wildman–Crippen LogP) is 1.20. The smallest absolute Gasteiger partial charge is 0.151 e. The number of anilines is 1. The Bertz CT molecular complexity index is 273. The Morgan fingerprint density at radius 2 is 2.14 bits per heavy atom. The molecule has 0 aromatic carbocycles. The Hall–Kier alpha value is -1.16. The van der Waals surface area contributed by atoms with Gasteiger partial charge in [0.1, 0.15) is 0 Å². The van der Waals surface area contributed by atoms with E-state index in [0.717, 1.165) is 12.2 Å². The zero-order valence-electron chi connectivity index (χ0n) is 8.94. The maximum Gasteiger partial charge on any atom is 0.151 e. The number of aliphatic hydroxyl groups is 1. The zero-order valence-corrected chi connectivity index (χ0v) is 8.94. The van der Waals surface area contributed by atoms with Gasteiger partial charge in [-0.2, -0.15) is 5.10 Å². The molecule has 1 atom stereocenters. The molecule has 1 aromatic rings. The Morgan fingerprint density at radius 3 is 2.57 bits per heavy atom. The fourth-order valence-corrected chi connectivity index (χ4v) is 1.12.